The molecule has 3 aromatic carbocycles. The molecule has 20 heteroatoms. The van der Waals surface area contributed by atoms with Crippen molar-refractivity contribution < 1.29 is 36.3 Å². The van der Waals surface area contributed by atoms with Gasteiger partial charge in [-0.05, 0) is 134 Å². The van der Waals surface area contributed by atoms with Crippen molar-refractivity contribution in [2.45, 2.75) is 94.0 Å². The minimum Gasteiger partial charge on any atom is -0.618 e. The van der Waals surface area contributed by atoms with E-state index in [1.54, 1.807) is 54.9 Å². The first-order chi connectivity index (χ1) is 36.9. The van der Waals surface area contributed by atoms with Crippen molar-refractivity contribution in [1.82, 2.24) is 50.3 Å². The van der Waals surface area contributed by atoms with Crippen LogP contribution in [0.3, 0.4) is 0 Å². The Balaban J connectivity index is 0.000000131. The second-order valence-corrected chi connectivity index (χ2v) is 19.2. The van der Waals surface area contributed by atoms with E-state index < -0.39 is 0 Å². The smallest absolute Gasteiger partial charge is 0.265 e. The molecule has 2 unspecified atom stereocenters. The van der Waals surface area contributed by atoms with Gasteiger partial charge in [0.05, 0.1) is 88.0 Å². The number of carbonyl (C=O) groups excluding carboxylic acids is 1. The summed E-state index contributed by atoms with van der Waals surface area (Å²) in [7, 11) is 0. The summed E-state index contributed by atoms with van der Waals surface area (Å²) in [5.74, 6) is 1.09. The lowest BCUT2D eigenvalue weighted by molar-refractivity contribution is -0.576. The van der Waals surface area contributed by atoms with Gasteiger partial charge in [-0.1, -0.05) is 51.9 Å². The fourth-order valence-corrected chi connectivity index (χ4v) is 9.99. The maximum Gasteiger partial charge on any atom is 0.265 e. The molecule has 392 valence electrons. The Morgan fingerprint density at radius 1 is 0.597 bits per heavy atom. The van der Waals surface area contributed by atoms with Gasteiger partial charge < -0.3 is 24.1 Å². The number of halogens is 3. The van der Waals surface area contributed by atoms with Crippen LogP contribution in [-0.4, -0.2) is 68.7 Å². The molecule has 12 rings (SSSR count). The Kier molecular flexibility index (Phi) is 13.9. The van der Waals surface area contributed by atoms with Crippen LogP contribution in [0.15, 0.2) is 122 Å². The minimum atomic E-state index is -0.284. The number of carbonyl (C=O) groups is 1. The monoisotopic (exact) mass is 1040 g/mol. The number of hydrogen-bond acceptors (Lipinski definition) is 13. The van der Waals surface area contributed by atoms with Crippen LogP contribution in [0.2, 0.25) is 0 Å². The maximum absolute atomic E-state index is 13.1. The van der Waals surface area contributed by atoms with Crippen LogP contribution in [0.1, 0.15) is 74.9 Å². The highest BCUT2D eigenvalue weighted by Crippen LogP contribution is 2.33. The Bertz CT molecular complexity index is 3850. The molecule has 1 amide bonds. The Morgan fingerprint density at radius 3 is 1.58 bits per heavy atom. The molecule has 0 aliphatic carbocycles. The first-order valence-corrected chi connectivity index (χ1v) is 24.7. The summed E-state index contributed by atoms with van der Waals surface area (Å²) in [6.45, 7) is 18.2. The van der Waals surface area contributed by atoms with Gasteiger partial charge in [0.25, 0.3) is 11.4 Å². The van der Waals surface area contributed by atoms with E-state index in [2.05, 4.69) is 47.1 Å². The van der Waals surface area contributed by atoms with Gasteiger partial charge in [0.1, 0.15) is 51.5 Å². The number of aromatic nitrogens is 9. The molecule has 0 bridgehead atoms. The van der Waals surface area contributed by atoms with Gasteiger partial charge in [-0.3, -0.25) is 24.2 Å². The third kappa shape index (κ3) is 10.3. The van der Waals surface area contributed by atoms with E-state index in [0.29, 0.717) is 59.1 Å². The third-order valence-corrected chi connectivity index (χ3v) is 13.6. The zero-order chi connectivity index (χ0) is 54.4. The number of nitrogens with one attached hydrogen (secondary N) is 1. The molecule has 10 aromatic rings. The molecular weight excluding hydrogens is 990 g/mol. The summed E-state index contributed by atoms with van der Waals surface area (Å²) in [5.41, 5.74) is 15.2. The fraction of sp³-hybridized carbons (Fsp3) is 0.246. The topological polar surface area (TPSA) is 198 Å². The highest BCUT2D eigenvalue weighted by atomic mass is 19.1. The lowest BCUT2D eigenvalue weighted by atomic mass is 9.92. The molecule has 1 N–H and O–H groups in total. The number of pyridine rings is 2. The SMILES string of the molecule is CC1=NN(Cc2ccc(F)cc2)C2C=C(c3c(C)noc3C)C(=O)NC12.Cc1noc(C)c1-c1cc2c(c(C)nn2Cc2ccc(F)cc2)[n+]([O-])c1.Cc1noc(C)c1-c1cnc2c(C)nn(Cc3ccc(F)cc3)c2c1. The molecule has 77 heavy (non-hydrogen) atoms. The molecule has 0 radical (unpaired) electrons. The average molecular weight is 1040 g/mol. The number of fused-ring (bicyclic) bond motifs is 3. The third-order valence-electron chi connectivity index (χ3n) is 13.6. The Hall–Kier alpha value is -9.20. The number of hydrogen-bond donors (Lipinski definition) is 1. The Labute approximate surface area is 439 Å². The molecule has 0 saturated carbocycles. The van der Waals surface area contributed by atoms with Crippen molar-refractivity contribution in [1.29, 1.82) is 0 Å². The van der Waals surface area contributed by atoms with Crippen LogP contribution in [0, 0.1) is 78.0 Å². The van der Waals surface area contributed by atoms with Crippen LogP contribution in [0.4, 0.5) is 13.2 Å². The van der Waals surface area contributed by atoms with E-state index in [-0.39, 0.29) is 35.4 Å². The van der Waals surface area contributed by atoms with Crippen molar-refractivity contribution in [2.75, 3.05) is 0 Å². The predicted octanol–water partition coefficient (Wildman–Crippen LogP) is 10.2. The molecule has 0 saturated heterocycles. The van der Waals surface area contributed by atoms with E-state index in [9.17, 15) is 23.2 Å². The van der Waals surface area contributed by atoms with Crippen molar-refractivity contribution in [3.05, 3.63) is 194 Å². The van der Waals surface area contributed by atoms with E-state index in [1.165, 1.54) is 42.6 Å². The lowest BCUT2D eigenvalue weighted by Crippen LogP contribution is -2.51. The summed E-state index contributed by atoms with van der Waals surface area (Å²) in [5, 5.41) is 43.2. The van der Waals surface area contributed by atoms with Crippen molar-refractivity contribution in [2.24, 2.45) is 5.10 Å². The molecule has 9 heterocycles. The summed E-state index contributed by atoms with van der Waals surface area (Å²) >= 11 is 0. The van der Waals surface area contributed by atoms with Gasteiger partial charge in [0, 0.05) is 17.3 Å². The van der Waals surface area contributed by atoms with Crippen LogP contribution in [0.25, 0.3) is 49.9 Å². The highest BCUT2D eigenvalue weighted by Gasteiger charge is 2.40. The van der Waals surface area contributed by atoms with Crippen molar-refractivity contribution in [3.63, 3.8) is 0 Å². The first-order valence-electron chi connectivity index (χ1n) is 24.7. The summed E-state index contributed by atoms with van der Waals surface area (Å²) in [6.07, 6.45) is 5.27. The normalized spacial score (nSPS) is 15.0. The number of rotatable bonds is 9. The zero-order valence-electron chi connectivity index (χ0n) is 43.7. The maximum atomic E-state index is 13.1. The number of nitrogens with zero attached hydrogens (tertiary/aromatic N) is 11. The Morgan fingerprint density at radius 2 is 1.06 bits per heavy atom. The standard InChI is InChI=1S/C19H17FN4O2.C19H19FN4O2.C19H17FN4O/c1-11-18(13(3)26-22-11)15-8-17-19(24(25)10-15)12(2)21-23(17)9-14-4-6-16(20)7-5-14;1-10-17(12(3)26-23-10)15-8-16-18(21-19(15)25)11(2)22-24(16)9-13-4-6-14(20)7-5-13;1-11-18(13(3)25-23-11)15-8-17-19(21-9-15)12(2)22-24(17)10-14-4-6-16(20)7-5-14/h4-8,10H,9H2,1-3H3;4-8,16,18H,9H2,1-3H3,(H,21,25);4-9H,10H2,1-3H3. The van der Waals surface area contributed by atoms with Crippen LogP contribution in [0.5, 0.6) is 0 Å². The molecule has 2 atom stereocenters. The number of hydrazone groups is 1. The van der Waals surface area contributed by atoms with E-state index >= 15 is 0 Å². The van der Waals surface area contributed by atoms with Gasteiger partial charge in [-0.2, -0.15) is 20.0 Å². The van der Waals surface area contributed by atoms with Gasteiger partial charge in [-0.15, -0.1) is 0 Å². The number of aryl methyl sites for hydroxylation is 8. The largest absolute Gasteiger partial charge is 0.618 e. The van der Waals surface area contributed by atoms with Crippen molar-refractivity contribution >= 4 is 39.3 Å². The van der Waals surface area contributed by atoms with Crippen molar-refractivity contribution in [3.8, 4) is 22.3 Å². The van der Waals surface area contributed by atoms with Gasteiger partial charge in [0.2, 0.25) is 0 Å². The van der Waals surface area contributed by atoms with Crippen LogP contribution < -0.4 is 10.0 Å². The predicted molar refractivity (Wildman–Crippen MR) is 281 cm³/mol. The highest BCUT2D eigenvalue weighted by molar-refractivity contribution is 6.22. The molecule has 0 spiro atoms. The molecule has 2 aliphatic heterocycles. The minimum absolute atomic E-state index is 0.110. The van der Waals surface area contributed by atoms with E-state index in [0.717, 1.165) is 88.8 Å². The lowest BCUT2D eigenvalue weighted by Gasteiger charge is -2.30. The van der Waals surface area contributed by atoms with E-state index in [1.807, 2.05) is 76.5 Å². The zero-order valence-corrected chi connectivity index (χ0v) is 43.7. The molecule has 7 aromatic heterocycles. The quantitative estimate of drug-likeness (QED) is 0.106. The molecular formula is C57H53F3N12O5. The van der Waals surface area contributed by atoms with Gasteiger partial charge >= 0.3 is 0 Å². The fourth-order valence-electron chi connectivity index (χ4n) is 9.99. The molecule has 17 nitrogen and oxygen atoms in total. The van der Waals surface area contributed by atoms with Crippen LogP contribution in [-0.2, 0) is 24.4 Å². The number of amides is 1. The summed E-state index contributed by atoms with van der Waals surface area (Å²) in [4.78, 5) is 17.2. The average Bonchev–Trinajstić information content (AvgIpc) is 4.26. The second-order valence-electron chi connectivity index (χ2n) is 19.2. The summed E-state index contributed by atoms with van der Waals surface area (Å²) < 4.78 is 59.6. The molecule has 0 fully saturated rings. The van der Waals surface area contributed by atoms with Gasteiger partial charge in [0.15, 0.2) is 6.20 Å². The second kappa shape index (κ2) is 20.8. The van der Waals surface area contributed by atoms with Gasteiger partial charge in [-0.25, -0.2) is 13.2 Å². The number of benzene rings is 3. The molecule has 2 aliphatic rings. The summed E-state index contributed by atoms with van der Waals surface area (Å²) in [6, 6.07) is 22.8. The first kappa shape index (κ1) is 51.3. The van der Waals surface area contributed by atoms with E-state index in [4.69, 9.17) is 13.6 Å². The van der Waals surface area contributed by atoms with Crippen LogP contribution >= 0.6 is 0 Å².